The summed E-state index contributed by atoms with van der Waals surface area (Å²) >= 11 is 3.44. The summed E-state index contributed by atoms with van der Waals surface area (Å²) in [6, 6.07) is 13.2. The number of ether oxygens (including phenoxy) is 2. The predicted molar refractivity (Wildman–Crippen MR) is 98.6 cm³/mol. The molecule has 4 rings (SSSR count). The number of para-hydroxylation sites is 1. The first-order valence-electron chi connectivity index (χ1n) is 8.05. The van der Waals surface area contributed by atoms with E-state index in [4.69, 9.17) is 9.47 Å². The van der Waals surface area contributed by atoms with E-state index in [1.165, 1.54) is 0 Å². The lowest BCUT2D eigenvalue weighted by Crippen LogP contribution is -2.37. The summed E-state index contributed by atoms with van der Waals surface area (Å²) in [5, 5.41) is 0. The van der Waals surface area contributed by atoms with Gasteiger partial charge in [-0.3, -0.25) is 4.79 Å². The molecule has 0 aromatic heterocycles. The number of benzene rings is 2. The first-order chi connectivity index (χ1) is 12.2. The van der Waals surface area contributed by atoms with Gasteiger partial charge in [0, 0.05) is 4.47 Å². The van der Waals surface area contributed by atoms with Crippen LogP contribution in [-0.2, 0) is 11.2 Å². The van der Waals surface area contributed by atoms with Crippen molar-refractivity contribution in [3.05, 3.63) is 58.1 Å². The highest BCUT2D eigenvalue weighted by atomic mass is 79.9. The SMILES string of the molecule is CCOc1ccccc1C1=NC(=O)C2Cc3cc(Br)ccc3OC2=N1. The molecule has 126 valence electrons. The lowest BCUT2D eigenvalue weighted by Gasteiger charge is -2.27. The number of amidine groups is 1. The number of fused-ring (bicyclic) bond motifs is 2. The summed E-state index contributed by atoms with van der Waals surface area (Å²) in [5.74, 6) is 1.41. The number of amides is 1. The standard InChI is InChI=1S/C19H15BrN2O3/c1-2-24-16-6-4-3-5-13(16)17-21-18(23)14-10-11-9-12(20)7-8-15(11)25-19(14)22-17/h3-9,14H,2,10H2,1H3. The number of hydrogen-bond donors (Lipinski definition) is 0. The molecule has 0 spiro atoms. The third-order valence-electron chi connectivity index (χ3n) is 4.12. The first-order valence-corrected chi connectivity index (χ1v) is 8.84. The number of hydrogen-bond acceptors (Lipinski definition) is 4. The molecule has 0 bridgehead atoms. The number of carbonyl (C=O) groups is 1. The van der Waals surface area contributed by atoms with Crippen LogP contribution in [0.1, 0.15) is 18.1 Å². The second kappa shape index (κ2) is 6.44. The van der Waals surface area contributed by atoms with Gasteiger partial charge in [-0.05, 0) is 49.2 Å². The van der Waals surface area contributed by atoms with Crippen molar-refractivity contribution in [3.63, 3.8) is 0 Å². The molecular formula is C19H15BrN2O3. The molecular weight excluding hydrogens is 384 g/mol. The molecule has 1 atom stereocenters. The third-order valence-corrected chi connectivity index (χ3v) is 4.61. The largest absolute Gasteiger partial charge is 0.493 e. The van der Waals surface area contributed by atoms with E-state index in [1.54, 1.807) is 0 Å². The van der Waals surface area contributed by atoms with Gasteiger partial charge in [-0.1, -0.05) is 28.1 Å². The zero-order valence-electron chi connectivity index (χ0n) is 13.5. The van der Waals surface area contributed by atoms with E-state index >= 15 is 0 Å². The van der Waals surface area contributed by atoms with Crippen LogP contribution >= 0.6 is 15.9 Å². The second-order valence-corrected chi connectivity index (χ2v) is 6.68. The van der Waals surface area contributed by atoms with Gasteiger partial charge in [-0.2, -0.15) is 9.98 Å². The molecule has 5 nitrogen and oxygen atoms in total. The lowest BCUT2D eigenvalue weighted by atomic mass is 9.94. The Kier molecular flexibility index (Phi) is 4.13. The molecule has 0 aliphatic carbocycles. The minimum Gasteiger partial charge on any atom is -0.493 e. The Labute approximate surface area is 153 Å². The van der Waals surface area contributed by atoms with Gasteiger partial charge in [0.2, 0.25) is 5.90 Å². The van der Waals surface area contributed by atoms with Gasteiger partial charge in [-0.25, -0.2) is 0 Å². The summed E-state index contributed by atoms with van der Waals surface area (Å²) in [5.41, 5.74) is 1.66. The van der Waals surface area contributed by atoms with Crippen molar-refractivity contribution in [2.75, 3.05) is 6.61 Å². The van der Waals surface area contributed by atoms with Gasteiger partial charge >= 0.3 is 0 Å². The number of rotatable bonds is 3. The molecule has 0 fully saturated rings. The Morgan fingerprint density at radius 2 is 2.08 bits per heavy atom. The average molecular weight is 399 g/mol. The molecule has 2 heterocycles. The summed E-state index contributed by atoms with van der Waals surface area (Å²) in [6.45, 7) is 2.43. The molecule has 2 aromatic carbocycles. The van der Waals surface area contributed by atoms with Crippen LogP contribution in [0.5, 0.6) is 11.5 Å². The maximum absolute atomic E-state index is 12.6. The maximum atomic E-state index is 12.6. The smallest absolute Gasteiger partial charge is 0.260 e. The Hall–Kier alpha value is -2.47. The van der Waals surface area contributed by atoms with Gasteiger partial charge in [0.25, 0.3) is 5.91 Å². The van der Waals surface area contributed by atoms with E-state index in [0.717, 1.165) is 15.8 Å². The summed E-state index contributed by atoms with van der Waals surface area (Å²) in [7, 11) is 0. The van der Waals surface area contributed by atoms with E-state index in [-0.39, 0.29) is 5.91 Å². The van der Waals surface area contributed by atoms with E-state index < -0.39 is 5.92 Å². The van der Waals surface area contributed by atoms with Crippen LogP contribution in [0.25, 0.3) is 0 Å². The number of carbonyl (C=O) groups excluding carboxylic acids is 1. The van der Waals surface area contributed by atoms with Crippen molar-refractivity contribution in [2.24, 2.45) is 15.9 Å². The van der Waals surface area contributed by atoms with Crippen LogP contribution < -0.4 is 9.47 Å². The fraction of sp³-hybridized carbons (Fsp3) is 0.211. The molecule has 1 amide bonds. The fourth-order valence-electron chi connectivity index (χ4n) is 2.96. The van der Waals surface area contributed by atoms with E-state index in [2.05, 4.69) is 25.9 Å². The van der Waals surface area contributed by atoms with Gasteiger partial charge in [0.15, 0.2) is 5.84 Å². The molecule has 6 heteroatoms. The first kappa shape index (κ1) is 16.0. The minimum atomic E-state index is -0.468. The van der Waals surface area contributed by atoms with Crippen molar-refractivity contribution in [2.45, 2.75) is 13.3 Å². The Balaban J connectivity index is 1.73. The molecule has 1 unspecified atom stereocenters. The predicted octanol–water partition coefficient (Wildman–Crippen LogP) is 3.78. The highest BCUT2D eigenvalue weighted by molar-refractivity contribution is 9.10. The zero-order valence-corrected chi connectivity index (χ0v) is 15.1. The van der Waals surface area contributed by atoms with E-state index in [1.807, 2.05) is 49.4 Å². The highest BCUT2D eigenvalue weighted by Gasteiger charge is 2.36. The maximum Gasteiger partial charge on any atom is 0.260 e. The molecule has 0 saturated heterocycles. The molecule has 2 aliphatic rings. The van der Waals surface area contributed by atoms with Crippen LogP contribution in [0.3, 0.4) is 0 Å². The topological polar surface area (TPSA) is 60.2 Å². The van der Waals surface area contributed by atoms with Gasteiger partial charge in [0.05, 0.1) is 12.2 Å². The minimum absolute atomic E-state index is 0.239. The molecule has 2 aromatic rings. The molecule has 0 saturated carbocycles. The molecule has 2 aliphatic heterocycles. The van der Waals surface area contributed by atoms with Crippen molar-refractivity contribution < 1.29 is 14.3 Å². The monoisotopic (exact) mass is 398 g/mol. The van der Waals surface area contributed by atoms with Crippen molar-refractivity contribution >= 4 is 33.6 Å². The van der Waals surface area contributed by atoms with Crippen LogP contribution in [-0.4, -0.2) is 24.2 Å². The van der Waals surface area contributed by atoms with Gasteiger partial charge in [0.1, 0.15) is 17.4 Å². The fourth-order valence-corrected chi connectivity index (χ4v) is 3.37. The summed E-state index contributed by atoms with van der Waals surface area (Å²) < 4.78 is 12.5. The van der Waals surface area contributed by atoms with E-state index in [0.29, 0.717) is 36.1 Å². The number of nitrogens with zero attached hydrogens (tertiary/aromatic N) is 2. The van der Waals surface area contributed by atoms with Gasteiger partial charge in [-0.15, -0.1) is 0 Å². The Morgan fingerprint density at radius 1 is 1.24 bits per heavy atom. The summed E-state index contributed by atoms with van der Waals surface area (Å²) in [4.78, 5) is 21.3. The van der Waals surface area contributed by atoms with Gasteiger partial charge < -0.3 is 9.47 Å². The number of aliphatic imine (C=N–C) groups is 2. The van der Waals surface area contributed by atoms with Crippen LogP contribution in [0, 0.1) is 5.92 Å². The second-order valence-electron chi connectivity index (χ2n) is 5.76. The number of halogens is 1. The average Bonchev–Trinajstić information content (AvgIpc) is 2.61. The van der Waals surface area contributed by atoms with Crippen LogP contribution in [0.15, 0.2) is 56.9 Å². The zero-order chi connectivity index (χ0) is 17.4. The lowest BCUT2D eigenvalue weighted by molar-refractivity contribution is -0.120. The van der Waals surface area contributed by atoms with E-state index in [9.17, 15) is 4.79 Å². The molecule has 0 N–H and O–H groups in total. The van der Waals surface area contributed by atoms with Crippen LogP contribution in [0.2, 0.25) is 0 Å². The summed E-state index contributed by atoms with van der Waals surface area (Å²) in [6.07, 6.45) is 0.538. The van der Waals surface area contributed by atoms with Crippen LogP contribution in [0.4, 0.5) is 0 Å². The Bertz CT molecular complexity index is 921. The Morgan fingerprint density at radius 3 is 2.92 bits per heavy atom. The molecule has 0 radical (unpaired) electrons. The molecule has 25 heavy (non-hydrogen) atoms. The highest BCUT2D eigenvalue weighted by Crippen LogP contribution is 2.33. The van der Waals surface area contributed by atoms with Crippen molar-refractivity contribution in [1.82, 2.24) is 0 Å². The quantitative estimate of drug-likeness (QED) is 0.789. The normalized spacial score (nSPS) is 18.5. The third kappa shape index (κ3) is 2.98. The van der Waals surface area contributed by atoms with Crippen molar-refractivity contribution in [1.29, 1.82) is 0 Å². The van der Waals surface area contributed by atoms with Crippen molar-refractivity contribution in [3.8, 4) is 11.5 Å².